The van der Waals surface area contributed by atoms with Crippen molar-refractivity contribution in [2.75, 3.05) is 5.32 Å². The topological polar surface area (TPSA) is 64.7 Å². The molecule has 0 unspecified atom stereocenters. The molecule has 0 saturated heterocycles. The van der Waals surface area contributed by atoms with Crippen LogP contribution in [0.25, 0.3) is 0 Å². The van der Waals surface area contributed by atoms with E-state index in [1.54, 1.807) is 7.05 Å². The molecule has 0 bridgehead atoms. The van der Waals surface area contributed by atoms with Crippen molar-refractivity contribution in [3.63, 3.8) is 0 Å². The molecule has 7 heteroatoms. The van der Waals surface area contributed by atoms with Crippen LogP contribution in [0.2, 0.25) is 5.02 Å². The molecule has 0 amide bonds. The number of nitrogens with one attached hydrogen (secondary N) is 1. The highest BCUT2D eigenvalue weighted by atomic mass is 35.5. The van der Waals surface area contributed by atoms with Crippen LogP contribution in [-0.2, 0) is 13.6 Å². The van der Waals surface area contributed by atoms with Gasteiger partial charge in [-0.15, -0.1) is 0 Å². The Morgan fingerprint density at radius 2 is 2.04 bits per heavy atom. The van der Waals surface area contributed by atoms with Crippen molar-refractivity contribution in [2.24, 2.45) is 7.05 Å². The summed E-state index contributed by atoms with van der Waals surface area (Å²) in [5, 5.41) is 11.7. The summed E-state index contributed by atoms with van der Waals surface area (Å²) >= 11 is 6.09. The summed E-state index contributed by atoms with van der Waals surface area (Å²) in [7, 11) is 1.56. The highest BCUT2D eigenvalue weighted by molar-refractivity contribution is 6.33. The molecule has 124 valence electrons. The number of nitrogens with zero attached hydrogens (tertiary/aromatic N) is 4. The van der Waals surface area contributed by atoms with Crippen LogP contribution in [-0.4, -0.2) is 19.6 Å². The van der Waals surface area contributed by atoms with E-state index in [9.17, 15) is 4.79 Å². The molecule has 1 N–H and O–H groups in total. The van der Waals surface area contributed by atoms with Gasteiger partial charge in [0.05, 0.1) is 24.1 Å². The van der Waals surface area contributed by atoms with Crippen molar-refractivity contribution in [1.29, 1.82) is 0 Å². The smallest absolute Gasteiger partial charge is 0.287 e. The van der Waals surface area contributed by atoms with Crippen LogP contribution in [0.15, 0.2) is 41.3 Å². The third-order valence-electron chi connectivity index (χ3n) is 3.72. The molecule has 0 aliphatic rings. The average molecular weight is 344 g/mol. The molecule has 1 aromatic carbocycles. The Hall–Kier alpha value is -2.60. The number of aromatic nitrogens is 4. The Bertz CT molecular complexity index is 944. The van der Waals surface area contributed by atoms with Gasteiger partial charge in [0.1, 0.15) is 5.02 Å². The van der Waals surface area contributed by atoms with Crippen LogP contribution in [0.1, 0.15) is 17.0 Å². The van der Waals surface area contributed by atoms with Gasteiger partial charge in [-0.3, -0.25) is 9.48 Å². The predicted molar refractivity (Wildman–Crippen MR) is 95.0 cm³/mol. The van der Waals surface area contributed by atoms with Crippen LogP contribution in [0.4, 0.5) is 11.4 Å². The Kier molecular flexibility index (Phi) is 4.40. The fourth-order valence-corrected chi connectivity index (χ4v) is 2.73. The second kappa shape index (κ2) is 6.49. The molecule has 0 radical (unpaired) electrons. The molecule has 0 aliphatic carbocycles. The summed E-state index contributed by atoms with van der Waals surface area (Å²) in [6.45, 7) is 4.69. The fourth-order valence-electron chi connectivity index (χ4n) is 2.51. The van der Waals surface area contributed by atoms with E-state index >= 15 is 0 Å². The molecule has 2 aromatic heterocycles. The molecule has 0 fully saturated rings. The van der Waals surface area contributed by atoms with Crippen molar-refractivity contribution < 1.29 is 0 Å². The average Bonchev–Trinajstić information content (AvgIpc) is 2.86. The number of anilines is 2. The number of aryl methyl sites for hydroxylation is 3. The fraction of sp³-hybridized carbons (Fsp3) is 0.235. The maximum atomic E-state index is 11.8. The van der Waals surface area contributed by atoms with E-state index < -0.39 is 0 Å². The molecule has 0 aliphatic heterocycles. The third kappa shape index (κ3) is 3.33. The van der Waals surface area contributed by atoms with Crippen molar-refractivity contribution in [2.45, 2.75) is 20.4 Å². The SMILES string of the molecule is Cc1cc(C)n(Cc2cccc(Nc3cnn(C)c(=O)c3Cl)c2)n1. The van der Waals surface area contributed by atoms with E-state index in [0.717, 1.165) is 22.6 Å². The van der Waals surface area contributed by atoms with Gasteiger partial charge in [0.25, 0.3) is 5.56 Å². The van der Waals surface area contributed by atoms with Gasteiger partial charge in [-0.05, 0) is 37.6 Å². The van der Waals surface area contributed by atoms with Gasteiger partial charge in [0.15, 0.2) is 0 Å². The van der Waals surface area contributed by atoms with Crippen LogP contribution in [0.5, 0.6) is 0 Å². The molecule has 6 nitrogen and oxygen atoms in total. The normalized spacial score (nSPS) is 10.8. The molecule has 3 aromatic rings. The van der Waals surface area contributed by atoms with Crippen LogP contribution >= 0.6 is 11.6 Å². The van der Waals surface area contributed by atoms with Crippen molar-refractivity contribution >= 4 is 23.0 Å². The Balaban J connectivity index is 1.85. The quantitative estimate of drug-likeness (QED) is 0.790. The Labute approximate surface area is 144 Å². The lowest BCUT2D eigenvalue weighted by atomic mass is 10.2. The lowest BCUT2D eigenvalue weighted by Crippen LogP contribution is -2.20. The van der Waals surface area contributed by atoms with E-state index in [2.05, 4.69) is 15.5 Å². The zero-order valence-corrected chi connectivity index (χ0v) is 14.5. The first kappa shape index (κ1) is 16.3. The van der Waals surface area contributed by atoms with E-state index in [0.29, 0.717) is 12.2 Å². The zero-order chi connectivity index (χ0) is 17.3. The summed E-state index contributed by atoms with van der Waals surface area (Å²) in [6, 6.07) is 9.95. The first-order valence-corrected chi connectivity index (χ1v) is 7.90. The number of hydrogen-bond donors (Lipinski definition) is 1. The highest BCUT2D eigenvalue weighted by Gasteiger charge is 2.08. The van der Waals surface area contributed by atoms with Crippen molar-refractivity contribution in [1.82, 2.24) is 19.6 Å². The maximum absolute atomic E-state index is 11.8. The first-order chi connectivity index (χ1) is 11.4. The minimum atomic E-state index is -0.333. The van der Waals surface area contributed by atoms with Gasteiger partial charge in [-0.2, -0.15) is 10.2 Å². The summed E-state index contributed by atoms with van der Waals surface area (Å²) in [4.78, 5) is 11.8. The van der Waals surface area contributed by atoms with Crippen molar-refractivity contribution in [3.05, 3.63) is 68.9 Å². The lowest BCUT2D eigenvalue weighted by molar-refractivity contribution is 0.659. The van der Waals surface area contributed by atoms with Gasteiger partial charge in [-0.1, -0.05) is 23.7 Å². The molecular formula is C17H18ClN5O. The number of rotatable bonds is 4. The number of benzene rings is 1. The van der Waals surface area contributed by atoms with Gasteiger partial charge < -0.3 is 5.32 Å². The minimum Gasteiger partial charge on any atom is -0.353 e. The molecule has 0 saturated carbocycles. The van der Waals surface area contributed by atoms with Gasteiger partial charge in [0.2, 0.25) is 0 Å². The van der Waals surface area contributed by atoms with E-state index in [4.69, 9.17) is 11.6 Å². The monoisotopic (exact) mass is 343 g/mol. The van der Waals surface area contributed by atoms with Gasteiger partial charge >= 0.3 is 0 Å². The van der Waals surface area contributed by atoms with Gasteiger partial charge in [0, 0.05) is 18.4 Å². The Morgan fingerprint density at radius 1 is 1.25 bits per heavy atom. The standard InChI is InChI=1S/C17H18ClN5O/c1-11-7-12(2)23(21-11)10-13-5-4-6-14(8-13)20-15-9-19-22(3)17(24)16(15)18/h4-9,20H,10H2,1-3H3. The second-order valence-electron chi connectivity index (χ2n) is 5.71. The molecule has 2 heterocycles. The van der Waals surface area contributed by atoms with Crippen LogP contribution in [0, 0.1) is 13.8 Å². The number of halogens is 1. The highest BCUT2D eigenvalue weighted by Crippen LogP contribution is 2.22. The first-order valence-electron chi connectivity index (χ1n) is 7.53. The maximum Gasteiger partial charge on any atom is 0.287 e. The molecule has 3 rings (SSSR count). The second-order valence-corrected chi connectivity index (χ2v) is 6.09. The van der Waals surface area contributed by atoms with Crippen molar-refractivity contribution in [3.8, 4) is 0 Å². The molecule has 24 heavy (non-hydrogen) atoms. The van der Waals surface area contributed by atoms with Crippen LogP contribution < -0.4 is 10.9 Å². The minimum absolute atomic E-state index is 0.122. The summed E-state index contributed by atoms with van der Waals surface area (Å²) in [5.41, 5.74) is 4.21. The summed E-state index contributed by atoms with van der Waals surface area (Å²) in [6.07, 6.45) is 1.54. The van der Waals surface area contributed by atoms with E-state index in [1.165, 1.54) is 10.9 Å². The van der Waals surface area contributed by atoms with Gasteiger partial charge in [-0.25, -0.2) is 4.68 Å². The van der Waals surface area contributed by atoms with E-state index in [-0.39, 0.29) is 10.6 Å². The third-order valence-corrected chi connectivity index (χ3v) is 4.09. The molecule has 0 spiro atoms. The largest absolute Gasteiger partial charge is 0.353 e. The number of hydrogen-bond acceptors (Lipinski definition) is 4. The summed E-state index contributed by atoms with van der Waals surface area (Å²) < 4.78 is 3.16. The molecule has 0 atom stereocenters. The molecular weight excluding hydrogens is 326 g/mol. The Morgan fingerprint density at radius 3 is 2.75 bits per heavy atom. The van der Waals surface area contributed by atoms with E-state index in [1.807, 2.05) is 48.9 Å². The van der Waals surface area contributed by atoms with Crippen LogP contribution in [0.3, 0.4) is 0 Å². The predicted octanol–water partition coefficient (Wildman–Crippen LogP) is 3.04. The zero-order valence-electron chi connectivity index (χ0n) is 13.7. The summed E-state index contributed by atoms with van der Waals surface area (Å²) in [5.74, 6) is 0. The lowest BCUT2D eigenvalue weighted by Gasteiger charge is -2.10.